The van der Waals surface area contributed by atoms with E-state index in [2.05, 4.69) is 19.9 Å². The van der Waals surface area contributed by atoms with E-state index in [-0.39, 0.29) is 24.8 Å². The SMILES string of the molecule is C1CC[SiH2]C1.CC1=CC(C)=[C]([Zr+2])C1.[Cl-].[Cl-]. The number of hydrogen-bond acceptors (Lipinski definition) is 0. The van der Waals surface area contributed by atoms with Gasteiger partial charge in [-0.1, -0.05) is 24.9 Å². The third-order valence-electron chi connectivity index (χ3n) is 2.64. The van der Waals surface area contributed by atoms with E-state index >= 15 is 0 Å². The smallest absolute Gasteiger partial charge is 1.00 e. The third kappa shape index (κ3) is 7.96. The molecule has 0 aromatic rings. The number of allylic oxidation sites excluding steroid dienone is 4. The van der Waals surface area contributed by atoms with Crippen molar-refractivity contribution in [1.29, 1.82) is 0 Å². The van der Waals surface area contributed by atoms with Gasteiger partial charge in [0.2, 0.25) is 0 Å². The second kappa shape index (κ2) is 10.3. The summed E-state index contributed by atoms with van der Waals surface area (Å²) in [6.45, 7) is 4.39. The normalized spacial score (nSPS) is 18.5. The van der Waals surface area contributed by atoms with Gasteiger partial charge in [0.1, 0.15) is 0 Å². The maximum absolute atomic E-state index is 2.28. The molecule has 15 heavy (non-hydrogen) atoms. The maximum atomic E-state index is 2.28. The van der Waals surface area contributed by atoms with Crippen LogP contribution in [-0.4, -0.2) is 9.52 Å². The fourth-order valence-corrected chi connectivity index (χ4v) is 4.44. The molecule has 4 heteroatoms. The topological polar surface area (TPSA) is 0 Å². The fraction of sp³-hybridized carbons (Fsp3) is 0.636. The zero-order chi connectivity index (χ0) is 9.68. The quantitative estimate of drug-likeness (QED) is 0.411. The first-order chi connectivity index (χ1) is 6.20. The van der Waals surface area contributed by atoms with Crippen LogP contribution in [0.15, 0.2) is 20.5 Å². The Hall–Kier alpha value is 1.16. The van der Waals surface area contributed by atoms with Crippen molar-refractivity contribution in [2.45, 2.75) is 45.2 Å². The van der Waals surface area contributed by atoms with Gasteiger partial charge in [0.15, 0.2) is 0 Å². The molecule has 0 amide bonds. The second-order valence-corrected chi connectivity index (χ2v) is 7.70. The molecule has 0 spiro atoms. The first kappa shape index (κ1) is 18.5. The average Bonchev–Trinajstić information content (AvgIpc) is 2.66. The predicted molar refractivity (Wildman–Crippen MR) is 58.5 cm³/mol. The molecule has 0 aromatic heterocycles. The first-order valence-corrected chi connectivity index (χ1v) is 8.51. The number of rotatable bonds is 0. The monoisotopic (exact) mass is 339 g/mol. The average molecular weight is 341 g/mol. The van der Waals surface area contributed by atoms with E-state index in [0.717, 1.165) is 0 Å². The molecule has 1 saturated heterocycles. The molecule has 1 heterocycles. The zero-order valence-corrected chi connectivity index (χ0v) is 15.0. The van der Waals surface area contributed by atoms with Crippen LogP contribution in [0.1, 0.15) is 33.1 Å². The van der Waals surface area contributed by atoms with Crippen LogP contribution in [0.3, 0.4) is 0 Å². The van der Waals surface area contributed by atoms with Crippen LogP contribution in [-0.2, 0) is 24.7 Å². The van der Waals surface area contributed by atoms with Gasteiger partial charge in [-0.05, 0) is 0 Å². The number of halogens is 2. The van der Waals surface area contributed by atoms with Crippen molar-refractivity contribution < 1.29 is 49.5 Å². The van der Waals surface area contributed by atoms with Gasteiger partial charge in [-0.15, -0.1) is 0 Å². The van der Waals surface area contributed by atoms with Gasteiger partial charge < -0.3 is 24.8 Å². The Bertz CT molecular complexity index is 225. The van der Waals surface area contributed by atoms with Crippen molar-refractivity contribution in [3.05, 3.63) is 20.5 Å². The van der Waals surface area contributed by atoms with Crippen molar-refractivity contribution in [2.24, 2.45) is 0 Å². The maximum Gasteiger partial charge on any atom is -1.00 e. The van der Waals surface area contributed by atoms with Crippen LogP contribution in [0.5, 0.6) is 0 Å². The Balaban J connectivity index is 0. The van der Waals surface area contributed by atoms with Crippen LogP contribution < -0.4 is 24.8 Å². The largest absolute Gasteiger partial charge is 1.00 e. The molecule has 0 atom stereocenters. The van der Waals surface area contributed by atoms with Gasteiger partial charge in [0.25, 0.3) is 0 Å². The molecule has 0 N–H and O–H groups in total. The minimum atomic E-state index is 0. The molecule has 0 aromatic carbocycles. The summed E-state index contributed by atoms with van der Waals surface area (Å²) in [5.41, 5.74) is 3.02. The first-order valence-electron chi connectivity index (χ1n) is 5.28. The molecule has 2 rings (SSSR count). The van der Waals surface area contributed by atoms with Gasteiger partial charge in [0, 0.05) is 9.52 Å². The van der Waals surface area contributed by atoms with Crippen LogP contribution in [0.25, 0.3) is 0 Å². The number of hydrogen-bond donors (Lipinski definition) is 0. The molecular formula is C11H19Cl2SiZr. The van der Waals surface area contributed by atoms with Crippen molar-refractivity contribution in [3.8, 4) is 0 Å². The molecule has 2 aliphatic rings. The van der Waals surface area contributed by atoms with Gasteiger partial charge in [-0.2, -0.15) is 0 Å². The van der Waals surface area contributed by atoms with E-state index in [1.807, 2.05) is 0 Å². The second-order valence-electron chi connectivity index (χ2n) is 4.10. The molecule has 0 radical (unpaired) electrons. The molecule has 1 fully saturated rings. The minimum absolute atomic E-state index is 0. The Labute approximate surface area is 124 Å². The summed E-state index contributed by atoms with van der Waals surface area (Å²) in [5, 5.41) is 0. The van der Waals surface area contributed by atoms with Crippen molar-refractivity contribution in [3.63, 3.8) is 0 Å². The summed E-state index contributed by atoms with van der Waals surface area (Å²) in [7, 11) is 0.543. The summed E-state index contributed by atoms with van der Waals surface area (Å²) in [6.07, 6.45) is 6.65. The van der Waals surface area contributed by atoms with Crippen LogP contribution >= 0.6 is 0 Å². The Morgan fingerprint density at radius 2 is 1.67 bits per heavy atom. The summed E-state index contributed by atoms with van der Waals surface area (Å²) in [4.78, 5) is 0. The minimum Gasteiger partial charge on any atom is -1.00 e. The van der Waals surface area contributed by atoms with E-state index in [1.54, 1.807) is 52.9 Å². The molecule has 0 unspecified atom stereocenters. The third-order valence-corrected chi connectivity index (χ3v) is 6.05. The summed E-state index contributed by atoms with van der Waals surface area (Å²) < 4.78 is 1.62. The van der Waals surface area contributed by atoms with Gasteiger partial charge in [0.05, 0.1) is 0 Å². The standard InChI is InChI=1S/C7H9.C4H10Si.2ClH.Zr/c1-6-3-4-7(2)5-6;1-2-4-5-3-1;;;/h5H,3H2,1-2H3;1-5H2;2*1H;/q;;;;+2/p-2. The van der Waals surface area contributed by atoms with Gasteiger partial charge in [-0.25, -0.2) is 0 Å². The van der Waals surface area contributed by atoms with Crippen molar-refractivity contribution in [1.82, 2.24) is 0 Å². The van der Waals surface area contributed by atoms with E-state index in [9.17, 15) is 0 Å². The van der Waals surface area contributed by atoms with E-state index in [0.29, 0.717) is 9.52 Å². The summed E-state index contributed by atoms with van der Waals surface area (Å²) in [6, 6.07) is 3.28. The molecular weight excluding hydrogens is 322 g/mol. The van der Waals surface area contributed by atoms with Crippen LogP contribution in [0.2, 0.25) is 12.1 Å². The van der Waals surface area contributed by atoms with Crippen molar-refractivity contribution in [2.75, 3.05) is 0 Å². The van der Waals surface area contributed by atoms with Gasteiger partial charge >= 0.3 is 65.5 Å². The predicted octanol–water partition coefficient (Wildman–Crippen LogP) is -3.05. The molecule has 0 saturated carbocycles. The Morgan fingerprint density at radius 1 is 1.13 bits per heavy atom. The molecule has 0 bridgehead atoms. The van der Waals surface area contributed by atoms with E-state index in [1.165, 1.54) is 17.6 Å². The molecule has 85 valence electrons. The Morgan fingerprint density at radius 3 is 1.80 bits per heavy atom. The zero-order valence-electron chi connectivity index (χ0n) is 9.58. The van der Waals surface area contributed by atoms with Crippen molar-refractivity contribution >= 4 is 9.52 Å². The molecule has 1 aliphatic heterocycles. The van der Waals surface area contributed by atoms with Crippen LogP contribution in [0.4, 0.5) is 0 Å². The fourth-order valence-electron chi connectivity index (χ4n) is 1.81. The van der Waals surface area contributed by atoms with Gasteiger partial charge in [-0.3, -0.25) is 0 Å². The van der Waals surface area contributed by atoms with Crippen LogP contribution in [0, 0.1) is 0 Å². The molecule has 0 nitrogen and oxygen atoms in total. The summed E-state index contributed by atoms with van der Waals surface area (Å²) >= 11 is 1.58. The van der Waals surface area contributed by atoms with E-state index in [4.69, 9.17) is 0 Å². The Kier molecular flexibility index (Phi) is 12.7. The summed E-state index contributed by atoms with van der Waals surface area (Å²) in [5.74, 6) is 0. The molecule has 1 aliphatic carbocycles. The van der Waals surface area contributed by atoms with E-state index < -0.39 is 0 Å².